The quantitative estimate of drug-likeness (QED) is 0.430. The average Bonchev–Trinajstić information content (AvgIpc) is 2.37. The van der Waals surface area contributed by atoms with E-state index in [0.717, 1.165) is 6.08 Å². The maximum atomic E-state index is 13.8. The molecule has 0 unspecified atom stereocenters. The molecule has 18 heavy (non-hydrogen) atoms. The van der Waals surface area contributed by atoms with E-state index in [2.05, 4.69) is 6.58 Å². The van der Waals surface area contributed by atoms with E-state index in [4.69, 9.17) is 4.74 Å². The van der Waals surface area contributed by atoms with Crippen molar-refractivity contribution < 1.29 is 18.4 Å². The van der Waals surface area contributed by atoms with Crippen molar-refractivity contribution in [1.29, 1.82) is 0 Å². The van der Waals surface area contributed by atoms with E-state index in [0.29, 0.717) is 32.4 Å². The molecule has 1 aliphatic heterocycles. The fraction of sp³-hybridized carbons (Fsp3) is 0.455. The number of hydrogen-bond acceptors (Lipinski definition) is 4. The second-order valence-corrected chi connectivity index (χ2v) is 3.56. The largest absolute Gasteiger partial charge is 0.378 e. The van der Waals surface area contributed by atoms with Crippen LogP contribution in [0.25, 0.3) is 0 Å². The van der Waals surface area contributed by atoms with E-state index in [1.165, 1.54) is 4.90 Å². The summed E-state index contributed by atoms with van der Waals surface area (Å²) in [5.74, 6) is -0.953. The first-order valence-electron chi connectivity index (χ1n) is 5.36. The number of ether oxygens (including phenoxy) is 1. The van der Waals surface area contributed by atoms with Gasteiger partial charge in [0.25, 0.3) is 5.70 Å². The number of halogens is 2. The van der Waals surface area contributed by atoms with Gasteiger partial charge in [0.1, 0.15) is 6.67 Å². The van der Waals surface area contributed by atoms with Crippen molar-refractivity contribution in [3.63, 3.8) is 0 Å². The molecule has 0 aromatic carbocycles. The zero-order valence-corrected chi connectivity index (χ0v) is 9.77. The zero-order chi connectivity index (χ0) is 13.5. The summed E-state index contributed by atoms with van der Waals surface area (Å²) < 4.78 is 31.7. The Morgan fingerprint density at radius 3 is 2.56 bits per heavy atom. The van der Waals surface area contributed by atoms with Gasteiger partial charge < -0.3 is 9.64 Å². The fourth-order valence-corrected chi connectivity index (χ4v) is 1.53. The van der Waals surface area contributed by atoms with Crippen LogP contribution in [0.2, 0.25) is 0 Å². The molecule has 5 nitrogen and oxygen atoms in total. The summed E-state index contributed by atoms with van der Waals surface area (Å²) in [7, 11) is 0. The highest BCUT2D eigenvalue weighted by atomic mass is 19.1. The number of rotatable bonds is 5. The lowest BCUT2D eigenvalue weighted by molar-refractivity contribution is -0.419. The van der Waals surface area contributed by atoms with E-state index in [1.807, 2.05) is 0 Å². The average molecular weight is 260 g/mol. The van der Waals surface area contributed by atoms with Crippen molar-refractivity contribution in [1.82, 2.24) is 4.90 Å². The Hall–Kier alpha value is -1.76. The van der Waals surface area contributed by atoms with E-state index < -0.39 is 23.1 Å². The van der Waals surface area contributed by atoms with Crippen LogP contribution >= 0.6 is 0 Å². The lowest BCUT2D eigenvalue weighted by Gasteiger charge is -2.29. The lowest BCUT2D eigenvalue weighted by Crippen LogP contribution is -2.36. The number of morpholine rings is 1. The Balaban J connectivity index is 2.97. The van der Waals surface area contributed by atoms with E-state index in [1.54, 1.807) is 0 Å². The highest BCUT2D eigenvalue weighted by Crippen LogP contribution is 2.17. The predicted molar refractivity (Wildman–Crippen MR) is 61.8 cm³/mol. The first-order valence-corrected chi connectivity index (χ1v) is 5.36. The van der Waals surface area contributed by atoms with Crippen LogP contribution in [-0.4, -0.2) is 42.8 Å². The highest BCUT2D eigenvalue weighted by Gasteiger charge is 2.18. The van der Waals surface area contributed by atoms with Gasteiger partial charge in [0.15, 0.2) is 5.83 Å². The van der Waals surface area contributed by atoms with Crippen molar-refractivity contribution in [3.05, 3.63) is 46.1 Å². The van der Waals surface area contributed by atoms with Gasteiger partial charge in [-0.1, -0.05) is 6.58 Å². The summed E-state index contributed by atoms with van der Waals surface area (Å²) in [6.07, 6.45) is 1.59. The van der Waals surface area contributed by atoms with Crippen LogP contribution in [0.5, 0.6) is 0 Å². The second kappa shape index (κ2) is 6.85. The van der Waals surface area contributed by atoms with Gasteiger partial charge >= 0.3 is 0 Å². The van der Waals surface area contributed by atoms with Crippen molar-refractivity contribution in [3.8, 4) is 0 Å². The number of nitro groups is 1. The Morgan fingerprint density at radius 2 is 2.11 bits per heavy atom. The number of nitrogens with zero attached hydrogens (tertiary/aromatic N) is 2. The third-order valence-electron chi connectivity index (χ3n) is 2.49. The van der Waals surface area contributed by atoms with Crippen molar-refractivity contribution in [2.24, 2.45) is 0 Å². The van der Waals surface area contributed by atoms with Crippen molar-refractivity contribution >= 4 is 0 Å². The molecule has 0 N–H and O–H groups in total. The summed E-state index contributed by atoms with van der Waals surface area (Å²) in [4.78, 5) is 11.2. The minimum Gasteiger partial charge on any atom is -0.378 e. The minimum atomic E-state index is -1.02. The van der Waals surface area contributed by atoms with Gasteiger partial charge in [-0.3, -0.25) is 10.1 Å². The Bertz CT molecular complexity index is 388. The normalized spacial score (nSPS) is 18.3. The van der Waals surface area contributed by atoms with Gasteiger partial charge in [0.2, 0.25) is 0 Å². The summed E-state index contributed by atoms with van der Waals surface area (Å²) in [5, 5.41) is 10.5. The molecule has 0 atom stereocenters. The van der Waals surface area contributed by atoms with E-state index in [9.17, 15) is 18.9 Å². The summed E-state index contributed by atoms with van der Waals surface area (Å²) in [6, 6.07) is 0. The van der Waals surface area contributed by atoms with Gasteiger partial charge in [0.05, 0.1) is 29.9 Å². The second-order valence-electron chi connectivity index (χ2n) is 3.56. The standard InChI is InChI=1S/C11H14F2N2O3/c1-2-9(15(16)17)7-10(13)11(8-12)14-3-5-18-6-4-14/h2,7H,1,3-6,8H2/b9-7+,11-10-. The van der Waals surface area contributed by atoms with Gasteiger partial charge in [-0.15, -0.1) is 0 Å². The third-order valence-corrected chi connectivity index (χ3v) is 2.49. The zero-order valence-electron chi connectivity index (χ0n) is 9.77. The highest BCUT2D eigenvalue weighted by molar-refractivity contribution is 5.25. The molecule has 0 amide bonds. The molecular weight excluding hydrogens is 246 g/mol. The predicted octanol–water partition coefficient (Wildman–Crippen LogP) is 1.82. The molecule has 7 heteroatoms. The molecule has 100 valence electrons. The first kappa shape index (κ1) is 14.3. The van der Waals surface area contributed by atoms with Crippen LogP contribution in [0.15, 0.2) is 36.0 Å². The van der Waals surface area contributed by atoms with E-state index in [-0.39, 0.29) is 5.70 Å². The number of alkyl halides is 1. The molecule has 1 rings (SSSR count). The minimum absolute atomic E-state index is 0.195. The molecule has 1 heterocycles. The third kappa shape index (κ3) is 3.63. The smallest absolute Gasteiger partial charge is 0.271 e. The number of allylic oxidation sites excluding steroid dienone is 4. The fourth-order valence-electron chi connectivity index (χ4n) is 1.53. The van der Waals surface area contributed by atoms with Crippen LogP contribution < -0.4 is 0 Å². The van der Waals surface area contributed by atoms with E-state index >= 15 is 0 Å². The molecular formula is C11H14F2N2O3. The summed E-state index contributed by atoms with van der Waals surface area (Å²) >= 11 is 0. The van der Waals surface area contributed by atoms with Crippen molar-refractivity contribution in [2.75, 3.05) is 33.0 Å². The molecule has 0 bridgehead atoms. The van der Waals surface area contributed by atoms with Crippen LogP contribution in [0.3, 0.4) is 0 Å². The molecule has 1 saturated heterocycles. The first-order chi connectivity index (χ1) is 8.60. The van der Waals surface area contributed by atoms with Crippen molar-refractivity contribution in [2.45, 2.75) is 0 Å². The molecule has 1 aliphatic rings. The van der Waals surface area contributed by atoms with Gasteiger partial charge in [-0.2, -0.15) is 0 Å². The SMILES string of the molecule is C=C/C(=C\C(F)=C(/CF)N1CCOCC1)[N+](=O)[O-]. The molecule has 0 radical (unpaired) electrons. The van der Waals surface area contributed by atoms with Crippen LogP contribution in [0.1, 0.15) is 0 Å². The van der Waals surface area contributed by atoms with Crippen LogP contribution in [0, 0.1) is 10.1 Å². The molecule has 0 aromatic rings. The molecule has 0 aromatic heterocycles. The Kier molecular flexibility index (Phi) is 5.44. The Morgan fingerprint density at radius 1 is 1.50 bits per heavy atom. The molecule has 0 spiro atoms. The molecule has 1 fully saturated rings. The molecule has 0 aliphatic carbocycles. The monoisotopic (exact) mass is 260 g/mol. The Labute approximate surface area is 103 Å². The van der Waals surface area contributed by atoms with Gasteiger partial charge in [-0.05, 0) is 0 Å². The maximum Gasteiger partial charge on any atom is 0.271 e. The van der Waals surface area contributed by atoms with Gasteiger partial charge in [-0.25, -0.2) is 8.78 Å². The van der Waals surface area contributed by atoms with Gasteiger partial charge in [0, 0.05) is 19.2 Å². The maximum absolute atomic E-state index is 13.8. The number of hydrogen-bond donors (Lipinski definition) is 0. The lowest BCUT2D eigenvalue weighted by atomic mass is 10.2. The van der Waals surface area contributed by atoms with Crippen LogP contribution in [-0.2, 0) is 4.74 Å². The summed E-state index contributed by atoms with van der Waals surface area (Å²) in [6.45, 7) is 3.67. The molecule has 0 saturated carbocycles. The van der Waals surface area contributed by atoms with Crippen LogP contribution in [0.4, 0.5) is 8.78 Å². The summed E-state index contributed by atoms with van der Waals surface area (Å²) in [5.41, 5.74) is -0.703. The topological polar surface area (TPSA) is 55.6 Å².